The van der Waals surface area contributed by atoms with Gasteiger partial charge in [-0.05, 0) is 25.1 Å². The molecule has 2 rings (SSSR count). The molecule has 0 radical (unpaired) electrons. The van der Waals surface area contributed by atoms with Gasteiger partial charge in [-0.1, -0.05) is 27.5 Å². The molecule has 0 saturated heterocycles. The van der Waals surface area contributed by atoms with Crippen molar-refractivity contribution in [2.45, 2.75) is 19.1 Å². The first-order valence-electron chi connectivity index (χ1n) is 5.42. The van der Waals surface area contributed by atoms with E-state index in [1.165, 1.54) is 6.40 Å². The first-order chi connectivity index (χ1) is 8.63. The Bertz CT molecular complexity index is 492. The summed E-state index contributed by atoms with van der Waals surface area (Å²) in [6, 6.07) is 4.63. The van der Waals surface area contributed by atoms with Crippen LogP contribution in [0, 0.1) is 0 Å². The van der Waals surface area contributed by atoms with Gasteiger partial charge in [-0.25, -0.2) is 9.79 Å². The molecular weight excluding hydrogens is 321 g/mol. The van der Waals surface area contributed by atoms with Gasteiger partial charge in [-0.15, -0.1) is 0 Å². The fraction of sp³-hybridized carbons (Fsp3) is 0.333. The molecule has 6 heteroatoms. The summed E-state index contributed by atoms with van der Waals surface area (Å²) in [7, 11) is 0. The molecule has 0 spiro atoms. The summed E-state index contributed by atoms with van der Waals surface area (Å²) in [5.41, 5.74) is 0.776. The minimum Gasteiger partial charge on any atom is -0.473 e. The van der Waals surface area contributed by atoms with Crippen LogP contribution >= 0.6 is 27.5 Å². The second-order valence-electron chi connectivity index (χ2n) is 3.67. The number of halogens is 2. The van der Waals surface area contributed by atoms with E-state index in [9.17, 15) is 4.79 Å². The van der Waals surface area contributed by atoms with Crippen molar-refractivity contribution in [1.29, 1.82) is 0 Å². The van der Waals surface area contributed by atoms with Crippen molar-refractivity contribution >= 4 is 39.9 Å². The molecule has 0 aromatic heterocycles. The Morgan fingerprint density at radius 1 is 1.61 bits per heavy atom. The summed E-state index contributed by atoms with van der Waals surface area (Å²) in [5.74, 6) is -0.400. The van der Waals surface area contributed by atoms with E-state index in [1.54, 1.807) is 19.1 Å². The van der Waals surface area contributed by atoms with Crippen molar-refractivity contribution in [2.24, 2.45) is 4.99 Å². The number of esters is 1. The fourth-order valence-electron chi connectivity index (χ4n) is 1.71. The second-order valence-corrected chi connectivity index (χ2v) is 4.96. The summed E-state index contributed by atoms with van der Waals surface area (Å²) in [6.45, 7) is 2.07. The standard InChI is InChI=1S/C12H11BrClNO3/c1-2-17-12(16)10-11(18-6-15-10)8-5-7(14)3-4-9(8)13/h3-6,10-11H,2H2,1H3. The summed E-state index contributed by atoms with van der Waals surface area (Å²) in [5, 5.41) is 0.575. The molecule has 2 unspecified atom stereocenters. The number of carbonyl (C=O) groups excluding carboxylic acids is 1. The number of hydrogen-bond donors (Lipinski definition) is 0. The van der Waals surface area contributed by atoms with Crippen LogP contribution in [0.25, 0.3) is 0 Å². The van der Waals surface area contributed by atoms with Crippen molar-refractivity contribution < 1.29 is 14.3 Å². The van der Waals surface area contributed by atoms with Crippen LogP contribution in [0.15, 0.2) is 27.7 Å². The number of nitrogens with zero attached hydrogens (tertiary/aromatic N) is 1. The number of aliphatic imine (C=N–C) groups is 1. The predicted molar refractivity (Wildman–Crippen MR) is 71.9 cm³/mol. The predicted octanol–water partition coefficient (Wildman–Crippen LogP) is 3.13. The highest BCUT2D eigenvalue weighted by molar-refractivity contribution is 9.10. The molecule has 1 aliphatic rings. The molecule has 1 aliphatic heterocycles. The fourth-order valence-corrected chi connectivity index (χ4v) is 2.36. The van der Waals surface area contributed by atoms with E-state index in [-0.39, 0.29) is 0 Å². The summed E-state index contributed by atoms with van der Waals surface area (Å²) in [6.07, 6.45) is 0.775. The molecule has 0 fully saturated rings. The maximum absolute atomic E-state index is 11.8. The summed E-state index contributed by atoms with van der Waals surface area (Å²) in [4.78, 5) is 15.8. The van der Waals surface area contributed by atoms with Gasteiger partial charge in [0.25, 0.3) is 0 Å². The smallest absolute Gasteiger partial charge is 0.335 e. The van der Waals surface area contributed by atoms with Gasteiger partial charge in [-0.3, -0.25) is 0 Å². The molecule has 0 amide bonds. The molecule has 96 valence electrons. The zero-order chi connectivity index (χ0) is 13.1. The van der Waals surface area contributed by atoms with E-state index >= 15 is 0 Å². The summed E-state index contributed by atoms with van der Waals surface area (Å²) < 4.78 is 11.2. The molecule has 0 N–H and O–H groups in total. The average Bonchev–Trinajstić information content (AvgIpc) is 2.81. The average molecular weight is 333 g/mol. The topological polar surface area (TPSA) is 47.9 Å². The molecule has 1 aromatic carbocycles. The number of carbonyl (C=O) groups is 1. The van der Waals surface area contributed by atoms with Gasteiger partial charge >= 0.3 is 5.97 Å². The highest BCUT2D eigenvalue weighted by atomic mass is 79.9. The second kappa shape index (κ2) is 5.71. The molecule has 0 bridgehead atoms. The van der Waals surface area contributed by atoms with Gasteiger partial charge in [-0.2, -0.15) is 0 Å². The molecule has 2 atom stereocenters. The van der Waals surface area contributed by atoms with E-state index < -0.39 is 18.1 Å². The van der Waals surface area contributed by atoms with E-state index in [1.807, 2.05) is 6.07 Å². The van der Waals surface area contributed by atoms with Crippen LogP contribution in [0.4, 0.5) is 0 Å². The van der Waals surface area contributed by atoms with Crippen LogP contribution in [0.3, 0.4) is 0 Å². The highest BCUT2D eigenvalue weighted by Gasteiger charge is 2.36. The van der Waals surface area contributed by atoms with Crippen molar-refractivity contribution in [3.8, 4) is 0 Å². The van der Waals surface area contributed by atoms with E-state index in [0.29, 0.717) is 11.6 Å². The van der Waals surface area contributed by atoms with Gasteiger partial charge in [0.15, 0.2) is 18.5 Å². The maximum atomic E-state index is 11.8. The third-order valence-corrected chi connectivity index (χ3v) is 3.47. The zero-order valence-corrected chi connectivity index (χ0v) is 11.9. The van der Waals surface area contributed by atoms with Crippen LogP contribution in [-0.2, 0) is 14.3 Å². The van der Waals surface area contributed by atoms with Crippen molar-refractivity contribution in [3.05, 3.63) is 33.3 Å². The normalized spacial score (nSPS) is 21.7. The number of rotatable bonds is 3. The Morgan fingerprint density at radius 3 is 3.11 bits per heavy atom. The third-order valence-electron chi connectivity index (χ3n) is 2.51. The van der Waals surface area contributed by atoms with E-state index in [2.05, 4.69) is 20.9 Å². The molecule has 0 saturated carbocycles. The van der Waals surface area contributed by atoms with E-state index in [0.717, 1.165) is 10.0 Å². The highest BCUT2D eigenvalue weighted by Crippen LogP contribution is 2.34. The van der Waals surface area contributed by atoms with Gasteiger partial charge in [0.05, 0.1) is 6.61 Å². The number of hydrogen-bond acceptors (Lipinski definition) is 4. The minimum atomic E-state index is -0.681. The lowest BCUT2D eigenvalue weighted by molar-refractivity contribution is -0.146. The zero-order valence-electron chi connectivity index (χ0n) is 9.60. The first-order valence-corrected chi connectivity index (χ1v) is 6.59. The van der Waals surface area contributed by atoms with Gasteiger partial charge in [0.2, 0.25) is 0 Å². The molecule has 4 nitrogen and oxygen atoms in total. The molecule has 1 aromatic rings. The largest absolute Gasteiger partial charge is 0.473 e. The third kappa shape index (κ3) is 2.67. The Morgan fingerprint density at radius 2 is 2.39 bits per heavy atom. The van der Waals surface area contributed by atoms with Gasteiger partial charge < -0.3 is 9.47 Å². The molecular formula is C12H11BrClNO3. The summed E-state index contributed by atoms with van der Waals surface area (Å²) >= 11 is 9.36. The van der Waals surface area contributed by atoms with Crippen molar-refractivity contribution in [3.63, 3.8) is 0 Å². The quantitative estimate of drug-likeness (QED) is 0.799. The Hall–Kier alpha value is -1.07. The molecule has 1 heterocycles. The molecule has 0 aliphatic carbocycles. The monoisotopic (exact) mass is 331 g/mol. The van der Waals surface area contributed by atoms with Crippen LogP contribution in [0.1, 0.15) is 18.6 Å². The Labute approximate surface area is 118 Å². The van der Waals surface area contributed by atoms with Crippen molar-refractivity contribution in [1.82, 2.24) is 0 Å². The van der Waals surface area contributed by atoms with Gasteiger partial charge in [0, 0.05) is 15.1 Å². The Balaban J connectivity index is 2.27. The minimum absolute atomic E-state index is 0.314. The van der Waals surface area contributed by atoms with Gasteiger partial charge in [0.1, 0.15) is 0 Å². The SMILES string of the molecule is CCOC(=O)C1N=COC1c1cc(Cl)ccc1Br. The maximum Gasteiger partial charge on any atom is 0.335 e. The lowest BCUT2D eigenvalue weighted by Crippen LogP contribution is -2.26. The Kier molecular flexibility index (Phi) is 4.24. The van der Waals surface area contributed by atoms with Crippen LogP contribution < -0.4 is 0 Å². The van der Waals surface area contributed by atoms with E-state index in [4.69, 9.17) is 21.1 Å². The van der Waals surface area contributed by atoms with Crippen molar-refractivity contribution in [2.75, 3.05) is 6.61 Å². The van der Waals surface area contributed by atoms with Crippen LogP contribution in [0.2, 0.25) is 5.02 Å². The number of benzene rings is 1. The van der Waals surface area contributed by atoms with Crippen LogP contribution in [0.5, 0.6) is 0 Å². The first kappa shape index (κ1) is 13.4. The lowest BCUT2D eigenvalue weighted by atomic mass is 10.0. The number of ether oxygens (including phenoxy) is 2. The molecule has 18 heavy (non-hydrogen) atoms. The van der Waals surface area contributed by atoms with Crippen LogP contribution in [-0.4, -0.2) is 25.0 Å². The lowest BCUT2D eigenvalue weighted by Gasteiger charge is -2.17.